The normalized spacial score (nSPS) is 10.4. The summed E-state index contributed by atoms with van der Waals surface area (Å²) in [5, 5.41) is 1.32. The smallest absolute Gasteiger partial charge is 0.142 e. The summed E-state index contributed by atoms with van der Waals surface area (Å²) in [5.74, 6) is 0. The Morgan fingerprint density at radius 1 is 1.20 bits per heavy atom. The van der Waals surface area contributed by atoms with Gasteiger partial charge in [0.1, 0.15) is 7.85 Å². The van der Waals surface area contributed by atoms with E-state index in [-0.39, 0.29) is 0 Å². The van der Waals surface area contributed by atoms with Gasteiger partial charge in [0.05, 0.1) is 0 Å². The summed E-state index contributed by atoms with van der Waals surface area (Å²) in [4.78, 5) is 3.19. The monoisotopic (exact) mass is 129 g/mol. The molecule has 1 N–H and O–H groups in total. The van der Waals surface area contributed by atoms with Crippen LogP contribution in [0.25, 0.3) is 10.9 Å². The zero-order valence-electron chi connectivity index (χ0n) is 5.89. The highest BCUT2D eigenvalue weighted by Gasteiger charge is 1.94. The van der Waals surface area contributed by atoms with E-state index in [1.165, 1.54) is 16.4 Å². The molecule has 0 amide bonds. The first-order valence-electron chi connectivity index (χ1n) is 3.40. The minimum atomic E-state index is 1.22. The van der Waals surface area contributed by atoms with Crippen LogP contribution < -0.4 is 5.46 Å². The number of nitrogens with one attached hydrogen (secondary N) is 1. The third kappa shape index (κ3) is 0.653. The lowest BCUT2D eigenvalue weighted by Gasteiger charge is -1.87. The van der Waals surface area contributed by atoms with Crippen LogP contribution in [0.2, 0.25) is 0 Å². The first-order chi connectivity index (χ1) is 4.88. The number of aromatic nitrogens is 1. The molecule has 0 unspecified atom stereocenters. The van der Waals surface area contributed by atoms with E-state index < -0.39 is 0 Å². The maximum Gasteiger partial charge on any atom is 0.142 e. The van der Waals surface area contributed by atoms with Crippen molar-refractivity contribution in [1.29, 1.82) is 0 Å². The van der Waals surface area contributed by atoms with E-state index in [4.69, 9.17) is 0 Å². The Labute approximate surface area is 60.5 Å². The van der Waals surface area contributed by atoms with Crippen molar-refractivity contribution in [3.05, 3.63) is 30.5 Å². The fraction of sp³-hybridized carbons (Fsp3) is 0. The van der Waals surface area contributed by atoms with Crippen molar-refractivity contribution in [3.8, 4) is 0 Å². The Bertz CT molecular complexity index is 351. The first-order valence-corrected chi connectivity index (χ1v) is 3.40. The van der Waals surface area contributed by atoms with Gasteiger partial charge in [0.2, 0.25) is 0 Å². The summed E-state index contributed by atoms with van der Waals surface area (Å²) >= 11 is 0. The molecule has 0 atom stereocenters. The number of para-hydroxylation sites is 1. The molecule has 0 saturated carbocycles. The van der Waals surface area contributed by atoms with Crippen LogP contribution >= 0.6 is 0 Å². The Hall–Kier alpha value is -1.18. The standard InChI is InChI=1S/C8H8BN/c9-7-5-10-8-4-2-1-3-6(7)8/h1-5,10H,9H2. The molecule has 0 aliphatic heterocycles. The van der Waals surface area contributed by atoms with Crippen molar-refractivity contribution in [1.82, 2.24) is 4.98 Å². The predicted octanol–water partition coefficient (Wildman–Crippen LogP) is 0.426. The number of rotatable bonds is 0. The molecule has 1 aromatic carbocycles. The summed E-state index contributed by atoms with van der Waals surface area (Å²) in [7, 11) is 2.11. The van der Waals surface area contributed by atoms with Crippen LogP contribution in [0.4, 0.5) is 0 Å². The third-order valence-electron chi connectivity index (χ3n) is 1.80. The van der Waals surface area contributed by atoms with Crippen LogP contribution in [0.5, 0.6) is 0 Å². The number of H-pyrrole nitrogens is 1. The van der Waals surface area contributed by atoms with E-state index in [9.17, 15) is 0 Å². The average Bonchev–Trinajstić information content (AvgIpc) is 2.34. The zero-order valence-corrected chi connectivity index (χ0v) is 5.89. The van der Waals surface area contributed by atoms with Gasteiger partial charge >= 0.3 is 0 Å². The van der Waals surface area contributed by atoms with Gasteiger partial charge in [-0.2, -0.15) is 0 Å². The molecule has 0 aliphatic rings. The Kier molecular flexibility index (Phi) is 1.07. The molecule has 0 fully saturated rings. The fourth-order valence-corrected chi connectivity index (χ4v) is 1.22. The maximum atomic E-state index is 3.19. The number of hydrogen-bond acceptors (Lipinski definition) is 0. The van der Waals surface area contributed by atoms with E-state index in [0.29, 0.717) is 0 Å². The molecule has 0 bridgehead atoms. The molecule has 48 valence electrons. The topological polar surface area (TPSA) is 15.8 Å². The highest BCUT2D eigenvalue weighted by molar-refractivity contribution is 6.38. The van der Waals surface area contributed by atoms with E-state index in [1.807, 2.05) is 12.3 Å². The molecule has 0 radical (unpaired) electrons. The molecular weight excluding hydrogens is 121 g/mol. The number of aromatic amines is 1. The molecule has 1 heterocycles. The minimum absolute atomic E-state index is 1.22. The van der Waals surface area contributed by atoms with Crippen LogP contribution in [0.1, 0.15) is 0 Å². The van der Waals surface area contributed by atoms with E-state index >= 15 is 0 Å². The Morgan fingerprint density at radius 2 is 2.00 bits per heavy atom. The van der Waals surface area contributed by atoms with Crippen LogP contribution in [-0.2, 0) is 0 Å². The molecule has 0 spiro atoms. The Balaban J connectivity index is 2.93. The average molecular weight is 129 g/mol. The van der Waals surface area contributed by atoms with Crippen LogP contribution in [0.3, 0.4) is 0 Å². The number of benzene rings is 1. The predicted molar refractivity (Wildman–Crippen MR) is 46.5 cm³/mol. The van der Waals surface area contributed by atoms with E-state index in [1.54, 1.807) is 0 Å². The highest BCUT2D eigenvalue weighted by Crippen LogP contribution is 2.06. The van der Waals surface area contributed by atoms with Crippen molar-refractivity contribution in [2.24, 2.45) is 0 Å². The van der Waals surface area contributed by atoms with E-state index in [0.717, 1.165) is 0 Å². The molecule has 1 aromatic heterocycles. The molecule has 0 aliphatic carbocycles. The van der Waals surface area contributed by atoms with Gasteiger partial charge in [0, 0.05) is 5.52 Å². The second-order valence-electron chi connectivity index (χ2n) is 2.52. The SMILES string of the molecule is Bc1c[nH]c2ccccc12. The summed E-state index contributed by atoms with van der Waals surface area (Å²) in [6.45, 7) is 0. The van der Waals surface area contributed by atoms with Crippen molar-refractivity contribution >= 4 is 24.2 Å². The number of fused-ring (bicyclic) bond motifs is 1. The summed E-state index contributed by atoms with van der Waals surface area (Å²) in [6.07, 6.45) is 2.03. The molecule has 1 nitrogen and oxygen atoms in total. The fourth-order valence-electron chi connectivity index (χ4n) is 1.22. The van der Waals surface area contributed by atoms with Gasteiger partial charge in [-0.25, -0.2) is 0 Å². The van der Waals surface area contributed by atoms with Crippen LogP contribution in [0, 0.1) is 0 Å². The Morgan fingerprint density at radius 3 is 2.80 bits per heavy atom. The molecular formula is C8H8BN. The second kappa shape index (κ2) is 1.91. The largest absolute Gasteiger partial charge is 0.362 e. The van der Waals surface area contributed by atoms with Gasteiger partial charge < -0.3 is 4.98 Å². The zero-order chi connectivity index (χ0) is 6.97. The first kappa shape index (κ1) is 5.60. The van der Waals surface area contributed by atoms with Crippen molar-refractivity contribution in [2.75, 3.05) is 0 Å². The van der Waals surface area contributed by atoms with Gasteiger partial charge in [-0.15, -0.1) is 0 Å². The van der Waals surface area contributed by atoms with Gasteiger partial charge in [0.15, 0.2) is 0 Å². The van der Waals surface area contributed by atoms with Gasteiger partial charge in [-0.3, -0.25) is 0 Å². The van der Waals surface area contributed by atoms with Crippen molar-refractivity contribution < 1.29 is 0 Å². The quantitative estimate of drug-likeness (QED) is 0.496. The summed E-state index contributed by atoms with van der Waals surface area (Å²) in [6, 6.07) is 8.31. The molecule has 2 heteroatoms. The van der Waals surface area contributed by atoms with Gasteiger partial charge in [0.25, 0.3) is 0 Å². The lowest BCUT2D eigenvalue weighted by molar-refractivity contribution is 1.49. The number of hydrogen-bond donors (Lipinski definition) is 1. The van der Waals surface area contributed by atoms with Crippen LogP contribution in [-0.4, -0.2) is 12.8 Å². The van der Waals surface area contributed by atoms with Crippen LogP contribution in [0.15, 0.2) is 30.5 Å². The lowest BCUT2D eigenvalue weighted by Crippen LogP contribution is -1.96. The molecule has 10 heavy (non-hydrogen) atoms. The molecule has 2 aromatic rings. The highest BCUT2D eigenvalue weighted by atomic mass is 14.7. The van der Waals surface area contributed by atoms with Crippen molar-refractivity contribution in [2.45, 2.75) is 0 Å². The van der Waals surface area contributed by atoms with Crippen molar-refractivity contribution in [3.63, 3.8) is 0 Å². The minimum Gasteiger partial charge on any atom is -0.362 e. The third-order valence-corrected chi connectivity index (χ3v) is 1.80. The molecule has 2 rings (SSSR count). The maximum absolute atomic E-state index is 3.19. The second-order valence-corrected chi connectivity index (χ2v) is 2.52. The lowest BCUT2D eigenvalue weighted by atomic mass is 9.96. The van der Waals surface area contributed by atoms with Gasteiger partial charge in [-0.1, -0.05) is 23.7 Å². The summed E-state index contributed by atoms with van der Waals surface area (Å²) < 4.78 is 0. The molecule has 0 saturated heterocycles. The summed E-state index contributed by atoms with van der Waals surface area (Å²) in [5.41, 5.74) is 2.54. The van der Waals surface area contributed by atoms with E-state index in [2.05, 4.69) is 31.0 Å². The van der Waals surface area contributed by atoms with Gasteiger partial charge in [-0.05, 0) is 17.6 Å².